The van der Waals surface area contributed by atoms with Gasteiger partial charge in [-0.3, -0.25) is 4.79 Å². The zero-order valence-corrected chi connectivity index (χ0v) is 16.6. The Morgan fingerprint density at radius 3 is 2.44 bits per heavy atom. The zero-order chi connectivity index (χ0) is 20.8. The van der Waals surface area contributed by atoms with Gasteiger partial charge >= 0.3 is 11.9 Å². The minimum Gasteiger partial charge on any atom is -0.467 e. The number of hydrogen-bond acceptors (Lipinski definition) is 7. The molecule has 27 heavy (non-hydrogen) atoms. The van der Waals surface area contributed by atoms with Gasteiger partial charge in [-0.2, -0.15) is 0 Å². The van der Waals surface area contributed by atoms with Crippen LogP contribution in [-0.2, 0) is 29.1 Å². The van der Waals surface area contributed by atoms with Gasteiger partial charge in [0.05, 0.1) is 17.7 Å². The molecule has 0 aliphatic rings. The second kappa shape index (κ2) is 9.67. The Morgan fingerprint density at radius 1 is 1.30 bits per heavy atom. The lowest BCUT2D eigenvalue weighted by Gasteiger charge is -2.21. The first-order chi connectivity index (χ1) is 12.5. The SMILES string of the molecule is CC[C@H](C)[C@H](NC(=O)COC(=O)c1ccc(Cl)c(S(N)(=O)=O)c1)C(=O)OC. The molecule has 0 spiro atoms. The van der Waals surface area contributed by atoms with Crippen molar-refractivity contribution in [1.82, 2.24) is 5.32 Å². The van der Waals surface area contributed by atoms with Gasteiger partial charge in [0, 0.05) is 0 Å². The first kappa shape index (κ1) is 22.9. The van der Waals surface area contributed by atoms with Crippen LogP contribution >= 0.6 is 11.6 Å². The third-order valence-corrected chi connectivity index (χ3v) is 5.18. The maximum Gasteiger partial charge on any atom is 0.338 e. The highest BCUT2D eigenvalue weighted by Crippen LogP contribution is 2.21. The van der Waals surface area contributed by atoms with Crippen LogP contribution < -0.4 is 10.5 Å². The van der Waals surface area contributed by atoms with E-state index in [-0.39, 0.29) is 16.5 Å². The number of ether oxygens (including phenoxy) is 2. The molecule has 0 unspecified atom stereocenters. The predicted octanol–water partition coefficient (Wildman–Crippen LogP) is 0.848. The summed E-state index contributed by atoms with van der Waals surface area (Å²) in [5.41, 5.74) is -0.150. The quantitative estimate of drug-likeness (QED) is 0.593. The summed E-state index contributed by atoms with van der Waals surface area (Å²) in [6.07, 6.45) is 0.612. The lowest BCUT2D eigenvalue weighted by atomic mass is 9.99. The van der Waals surface area contributed by atoms with Crippen molar-refractivity contribution in [1.29, 1.82) is 0 Å². The van der Waals surface area contributed by atoms with E-state index in [1.807, 2.05) is 6.92 Å². The molecule has 1 amide bonds. The van der Waals surface area contributed by atoms with Crippen molar-refractivity contribution in [3.63, 3.8) is 0 Å². The first-order valence-electron chi connectivity index (χ1n) is 7.87. The van der Waals surface area contributed by atoms with E-state index in [1.165, 1.54) is 19.2 Å². The fraction of sp³-hybridized carbons (Fsp3) is 0.438. The molecule has 0 aliphatic carbocycles. The average molecular weight is 421 g/mol. The number of carbonyl (C=O) groups is 3. The summed E-state index contributed by atoms with van der Waals surface area (Å²) in [4.78, 5) is 35.3. The van der Waals surface area contributed by atoms with Crippen molar-refractivity contribution in [3.05, 3.63) is 28.8 Å². The van der Waals surface area contributed by atoms with E-state index in [2.05, 4.69) is 10.1 Å². The number of carbonyl (C=O) groups excluding carboxylic acids is 3. The van der Waals surface area contributed by atoms with Crippen molar-refractivity contribution in [3.8, 4) is 0 Å². The van der Waals surface area contributed by atoms with E-state index in [0.717, 1.165) is 6.07 Å². The number of nitrogens with two attached hydrogens (primary N) is 1. The van der Waals surface area contributed by atoms with E-state index < -0.39 is 45.4 Å². The number of nitrogens with one attached hydrogen (secondary N) is 1. The highest BCUT2D eigenvalue weighted by atomic mass is 35.5. The van der Waals surface area contributed by atoms with Crippen LogP contribution in [0.3, 0.4) is 0 Å². The zero-order valence-electron chi connectivity index (χ0n) is 15.0. The summed E-state index contributed by atoms with van der Waals surface area (Å²) in [6.45, 7) is 2.93. The average Bonchev–Trinajstić information content (AvgIpc) is 2.62. The number of sulfonamides is 1. The molecule has 0 saturated heterocycles. The summed E-state index contributed by atoms with van der Waals surface area (Å²) < 4.78 is 32.4. The lowest BCUT2D eigenvalue weighted by Crippen LogP contribution is -2.47. The third-order valence-electron chi connectivity index (χ3n) is 3.79. The molecule has 0 heterocycles. The van der Waals surface area contributed by atoms with Gasteiger partial charge in [0.15, 0.2) is 6.61 Å². The number of hydrogen-bond donors (Lipinski definition) is 2. The number of rotatable bonds is 8. The number of methoxy groups -OCH3 is 1. The Bertz CT molecular complexity index is 826. The molecule has 0 aromatic heterocycles. The first-order valence-corrected chi connectivity index (χ1v) is 9.80. The fourth-order valence-corrected chi connectivity index (χ4v) is 3.15. The van der Waals surface area contributed by atoms with Crippen LogP contribution in [-0.4, -0.2) is 46.0 Å². The van der Waals surface area contributed by atoms with Crippen molar-refractivity contribution in [2.75, 3.05) is 13.7 Å². The van der Waals surface area contributed by atoms with Gasteiger partial charge in [-0.1, -0.05) is 31.9 Å². The van der Waals surface area contributed by atoms with Gasteiger partial charge in [-0.25, -0.2) is 23.1 Å². The highest BCUT2D eigenvalue weighted by molar-refractivity contribution is 7.89. The standard InChI is InChI=1S/C16H21ClN2O7S/c1-4-9(2)14(16(22)25-3)19-13(20)8-26-15(21)10-5-6-11(17)12(7-10)27(18,23)24/h5-7,9,14H,4,8H2,1-3H3,(H,19,20)(H2,18,23,24)/t9-,14-/m0/s1. The van der Waals surface area contributed by atoms with E-state index in [0.29, 0.717) is 6.42 Å². The molecule has 1 aromatic rings. The number of halogens is 1. The van der Waals surface area contributed by atoms with E-state index in [1.54, 1.807) is 6.92 Å². The molecule has 0 fully saturated rings. The van der Waals surface area contributed by atoms with Crippen LogP contribution in [0.4, 0.5) is 0 Å². The molecule has 3 N–H and O–H groups in total. The summed E-state index contributed by atoms with van der Waals surface area (Å²) >= 11 is 5.74. The molecule has 0 saturated carbocycles. The summed E-state index contributed by atoms with van der Waals surface area (Å²) in [5, 5.41) is 7.31. The monoisotopic (exact) mass is 420 g/mol. The van der Waals surface area contributed by atoms with Crippen LogP contribution in [0.5, 0.6) is 0 Å². The van der Waals surface area contributed by atoms with Crippen LogP contribution in [0.1, 0.15) is 30.6 Å². The van der Waals surface area contributed by atoms with Crippen LogP contribution in [0, 0.1) is 5.92 Å². The van der Waals surface area contributed by atoms with Crippen LogP contribution in [0.2, 0.25) is 5.02 Å². The van der Waals surface area contributed by atoms with Crippen molar-refractivity contribution in [2.24, 2.45) is 11.1 Å². The van der Waals surface area contributed by atoms with Gasteiger partial charge in [0.25, 0.3) is 5.91 Å². The van der Waals surface area contributed by atoms with Gasteiger partial charge in [0.2, 0.25) is 10.0 Å². The molecule has 0 radical (unpaired) electrons. The molecule has 150 valence electrons. The predicted molar refractivity (Wildman–Crippen MR) is 96.5 cm³/mol. The minimum atomic E-state index is -4.13. The molecule has 9 nitrogen and oxygen atoms in total. The van der Waals surface area contributed by atoms with Gasteiger partial charge < -0.3 is 14.8 Å². The smallest absolute Gasteiger partial charge is 0.338 e. The Labute approximate surface area is 162 Å². The number of amides is 1. The minimum absolute atomic E-state index is 0.150. The van der Waals surface area contributed by atoms with E-state index in [9.17, 15) is 22.8 Å². The Morgan fingerprint density at radius 2 is 1.93 bits per heavy atom. The molecular weight excluding hydrogens is 400 g/mol. The second-order valence-corrected chi connectivity index (χ2v) is 7.66. The van der Waals surface area contributed by atoms with Crippen molar-refractivity contribution in [2.45, 2.75) is 31.2 Å². The van der Waals surface area contributed by atoms with Gasteiger partial charge in [-0.15, -0.1) is 0 Å². The molecule has 2 atom stereocenters. The van der Waals surface area contributed by atoms with Gasteiger partial charge in [-0.05, 0) is 24.1 Å². The largest absolute Gasteiger partial charge is 0.467 e. The third kappa shape index (κ3) is 6.49. The Kier molecular flexibility index (Phi) is 8.20. The van der Waals surface area contributed by atoms with Crippen LogP contribution in [0.25, 0.3) is 0 Å². The van der Waals surface area contributed by atoms with Crippen LogP contribution in [0.15, 0.2) is 23.1 Å². The number of benzene rings is 1. The van der Waals surface area contributed by atoms with Gasteiger partial charge in [0.1, 0.15) is 10.9 Å². The van der Waals surface area contributed by atoms with E-state index >= 15 is 0 Å². The highest BCUT2D eigenvalue weighted by Gasteiger charge is 2.27. The second-order valence-electron chi connectivity index (χ2n) is 5.72. The van der Waals surface area contributed by atoms with Crippen molar-refractivity contribution < 1.29 is 32.3 Å². The Balaban J connectivity index is 2.79. The number of primary sulfonamides is 1. The lowest BCUT2D eigenvalue weighted by molar-refractivity contribution is -0.147. The molecule has 0 bridgehead atoms. The maximum atomic E-state index is 12.0. The molecular formula is C16H21ClN2O7S. The normalized spacial score (nSPS) is 13.4. The molecule has 0 aliphatic heterocycles. The Hall–Kier alpha value is -2.17. The molecule has 11 heteroatoms. The molecule has 1 rings (SSSR count). The summed E-state index contributed by atoms with van der Waals surface area (Å²) in [7, 11) is -2.93. The number of esters is 2. The fourth-order valence-electron chi connectivity index (χ4n) is 2.07. The molecule has 1 aromatic carbocycles. The topological polar surface area (TPSA) is 142 Å². The summed E-state index contributed by atoms with van der Waals surface area (Å²) in [6, 6.07) is 2.48. The van der Waals surface area contributed by atoms with Crippen molar-refractivity contribution >= 4 is 39.5 Å². The van der Waals surface area contributed by atoms with E-state index in [4.69, 9.17) is 21.5 Å². The maximum absolute atomic E-state index is 12.0. The summed E-state index contributed by atoms with van der Waals surface area (Å²) in [5.74, 6) is -2.46.